The van der Waals surface area contributed by atoms with Gasteiger partial charge in [-0.3, -0.25) is 4.79 Å². The van der Waals surface area contributed by atoms with Gasteiger partial charge >= 0.3 is 0 Å². The molecule has 2 atom stereocenters. The Kier molecular flexibility index (Phi) is 3.88. The molecular weight excluding hydrogens is 200 g/mol. The fourth-order valence-corrected chi connectivity index (χ4v) is 2.53. The van der Waals surface area contributed by atoms with E-state index in [4.69, 9.17) is 0 Å². The van der Waals surface area contributed by atoms with Crippen LogP contribution in [-0.4, -0.2) is 18.4 Å². The number of carbonyl (C=O) groups is 1. The van der Waals surface area contributed by atoms with E-state index < -0.39 is 11.0 Å². The van der Waals surface area contributed by atoms with E-state index in [1.165, 1.54) is 0 Å². The highest BCUT2D eigenvalue weighted by molar-refractivity contribution is 5.92. The van der Waals surface area contributed by atoms with E-state index in [0.29, 0.717) is 19.3 Å². The average molecular weight is 220 g/mol. The van der Waals surface area contributed by atoms with Crippen molar-refractivity contribution in [2.24, 2.45) is 5.41 Å². The highest BCUT2D eigenvalue weighted by Crippen LogP contribution is 2.45. The molecule has 3 nitrogen and oxygen atoms in total. The van der Waals surface area contributed by atoms with Crippen LogP contribution in [0.2, 0.25) is 0 Å². The fraction of sp³-hybridized carbons (Fsp3) is 0.692. The van der Waals surface area contributed by atoms with E-state index in [-0.39, 0.29) is 5.78 Å². The first-order valence-corrected chi connectivity index (χ1v) is 5.85. The molecule has 1 aliphatic rings. The van der Waals surface area contributed by atoms with Gasteiger partial charge in [-0.25, -0.2) is 0 Å². The third-order valence-electron chi connectivity index (χ3n) is 3.77. The molecule has 1 fully saturated rings. The van der Waals surface area contributed by atoms with E-state index in [2.05, 4.69) is 18.3 Å². The molecule has 1 rings (SSSR count). The molecule has 0 amide bonds. The maximum absolute atomic E-state index is 12.0. The van der Waals surface area contributed by atoms with Crippen molar-refractivity contribution in [2.75, 3.05) is 7.05 Å². The number of hydrogen-bond donors (Lipinski definition) is 1. The highest BCUT2D eigenvalue weighted by atomic mass is 16.1. The van der Waals surface area contributed by atoms with Crippen molar-refractivity contribution < 1.29 is 4.79 Å². The Hall–Kier alpha value is -1.14. The third-order valence-corrected chi connectivity index (χ3v) is 3.77. The number of nitriles is 1. The van der Waals surface area contributed by atoms with Gasteiger partial charge in [0, 0.05) is 6.42 Å². The molecule has 3 heteroatoms. The zero-order valence-corrected chi connectivity index (χ0v) is 10.3. The first-order chi connectivity index (χ1) is 7.56. The Morgan fingerprint density at radius 1 is 1.56 bits per heavy atom. The number of rotatable bonds is 4. The lowest BCUT2D eigenvalue weighted by atomic mass is 9.72. The predicted molar refractivity (Wildman–Crippen MR) is 63.8 cm³/mol. The van der Waals surface area contributed by atoms with Gasteiger partial charge in [0.2, 0.25) is 0 Å². The summed E-state index contributed by atoms with van der Waals surface area (Å²) in [4.78, 5) is 12.0. The van der Waals surface area contributed by atoms with Crippen LogP contribution in [0.25, 0.3) is 0 Å². The summed E-state index contributed by atoms with van der Waals surface area (Å²) in [5, 5.41) is 12.4. The van der Waals surface area contributed by atoms with Gasteiger partial charge in [-0.1, -0.05) is 19.1 Å². The summed E-state index contributed by atoms with van der Waals surface area (Å²) in [6, 6.07) is 2.32. The van der Waals surface area contributed by atoms with E-state index in [1.54, 1.807) is 7.05 Å². The third kappa shape index (κ3) is 1.78. The Morgan fingerprint density at radius 3 is 2.75 bits per heavy atom. The second kappa shape index (κ2) is 4.80. The lowest BCUT2D eigenvalue weighted by molar-refractivity contribution is -0.124. The molecule has 0 aromatic heterocycles. The van der Waals surface area contributed by atoms with E-state index in [0.717, 1.165) is 6.42 Å². The molecule has 0 spiro atoms. The summed E-state index contributed by atoms with van der Waals surface area (Å²) in [5.41, 5.74) is -1.27. The molecule has 1 aliphatic carbocycles. The van der Waals surface area contributed by atoms with Crippen molar-refractivity contribution in [3.05, 3.63) is 12.2 Å². The summed E-state index contributed by atoms with van der Waals surface area (Å²) in [5.74, 6) is 0.166. The van der Waals surface area contributed by atoms with Gasteiger partial charge in [-0.2, -0.15) is 5.26 Å². The van der Waals surface area contributed by atoms with Gasteiger partial charge in [0.1, 0.15) is 0 Å². The first-order valence-electron chi connectivity index (χ1n) is 5.85. The lowest BCUT2D eigenvalue weighted by Gasteiger charge is -2.36. The van der Waals surface area contributed by atoms with Crippen LogP contribution in [0.3, 0.4) is 0 Å². The van der Waals surface area contributed by atoms with Crippen molar-refractivity contribution in [1.82, 2.24) is 5.32 Å². The summed E-state index contributed by atoms with van der Waals surface area (Å²) in [6.45, 7) is 3.94. The van der Waals surface area contributed by atoms with Gasteiger partial charge in [-0.15, -0.1) is 0 Å². The first kappa shape index (κ1) is 12.9. The minimum Gasteiger partial charge on any atom is -0.306 e. The van der Waals surface area contributed by atoms with Crippen LogP contribution in [-0.2, 0) is 4.79 Å². The summed E-state index contributed by atoms with van der Waals surface area (Å²) >= 11 is 0. The number of nitrogens with zero attached hydrogens (tertiary/aromatic N) is 1. The monoisotopic (exact) mass is 220 g/mol. The average Bonchev–Trinajstić information content (AvgIpc) is 2.55. The molecule has 16 heavy (non-hydrogen) atoms. The second-order valence-corrected chi connectivity index (χ2v) is 4.61. The highest BCUT2D eigenvalue weighted by Gasteiger charge is 2.56. The molecule has 0 radical (unpaired) electrons. The van der Waals surface area contributed by atoms with Crippen LogP contribution in [0.1, 0.15) is 39.5 Å². The summed E-state index contributed by atoms with van der Waals surface area (Å²) < 4.78 is 0. The summed E-state index contributed by atoms with van der Waals surface area (Å²) in [6.07, 6.45) is 6.78. The Labute approximate surface area is 97.5 Å². The SMILES string of the molecule is CC/C=C\C[C@]1(NC)C(=O)CC[C@@]1(C)C#N. The van der Waals surface area contributed by atoms with Crippen molar-refractivity contribution in [2.45, 2.75) is 45.1 Å². The molecule has 0 heterocycles. The number of hydrogen-bond acceptors (Lipinski definition) is 3. The quantitative estimate of drug-likeness (QED) is 0.739. The van der Waals surface area contributed by atoms with Crippen LogP contribution in [0.5, 0.6) is 0 Å². The van der Waals surface area contributed by atoms with Crippen molar-refractivity contribution in [3.63, 3.8) is 0 Å². The fourth-order valence-electron chi connectivity index (χ4n) is 2.53. The molecule has 88 valence electrons. The van der Waals surface area contributed by atoms with Gasteiger partial charge in [0.25, 0.3) is 0 Å². The van der Waals surface area contributed by atoms with Gasteiger partial charge in [-0.05, 0) is 33.2 Å². The van der Waals surface area contributed by atoms with Crippen LogP contribution >= 0.6 is 0 Å². The minimum absolute atomic E-state index is 0.166. The molecular formula is C13H20N2O. The van der Waals surface area contributed by atoms with Gasteiger partial charge in [0.15, 0.2) is 5.78 Å². The van der Waals surface area contributed by atoms with Crippen LogP contribution in [0.15, 0.2) is 12.2 Å². The molecule has 0 saturated heterocycles. The number of Topliss-reactive ketones (excluding diaryl/α,β-unsaturated/α-hetero) is 1. The zero-order valence-electron chi connectivity index (χ0n) is 10.3. The van der Waals surface area contributed by atoms with E-state index >= 15 is 0 Å². The van der Waals surface area contributed by atoms with Crippen molar-refractivity contribution in [1.29, 1.82) is 5.26 Å². The molecule has 1 N–H and O–H groups in total. The lowest BCUT2D eigenvalue weighted by Crippen LogP contribution is -2.56. The maximum Gasteiger partial charge on any atom is 0.154 e. The van der Waals surface area contributed by atoms with E-state index in [9.17, 15) is 10.1 Å². The van der Waals surface area contributed by atoms with Crippen LogP contribution < -0.4 is 5.32 Å². The number of likely N-dealkylation sites (N-methyl/N-ethyl adjacent to an activating group) is 1. The van der Waals surface area contributed by atoms with Crippen molar-refractivity contribution in [3.8, 4) is 6.07 Å². The molecule has 0 aromatic rings. The second-order valence-electron chi connectivity index (χ2n) is 4.61. The Morgan fingerprint density at radius 2 is 2.25 bits per heavy atom. The zero-order chi connectivity index (χ0) is 12.2. The number of allylic oxidation sites excluding steroid dienone is 1. The largest absolute Gasteiger partial charge is 0.306 e. The summed E-state index contributed by atoms with van der Waals surface area (Å²) in [7, 11) is 1.78. The maximum atomic E-state index is 12.0. The molecule has 0 bridgehead atoms. The Balaban J connectivity index is 3.03. The molecule has 0 aliphatic heterocycles. The van der Waals surface area contributed by atoms with Crippen LogP contribution in [0.4, 0.5) is 0 Å². The normalized spacial score (nSPS) is 34.5. The molecule has 1 saturated carbocycles. The van der Waals surface area contributed by atoms with Gasteiger partial charge in [0.05, 0.1) is 17.0 Å². The number of nitrogens with one attached hydrogen (secondary N) is 1. The smallest absolute Gasteiger partial charge is 0.154 e. The Bertz CT molecular complexity index is 342. The predicted octanol–water partition coefficient (Wildman–Crippen LogP) is 2.19. The minimum atomic E-state index is -0.687. The van der Waals surface area contributed by atoms with E-state index in [1.807, 2.05) is 19.1 Å². The topological polar surface area (TPSA) is 52.9 Å². The molecule has 0 unspecified atom stereocenters. The van der Waals surface area contributed by atoms with Crippen molar-refractivity contribution >= 4 is 5.78 Å². The van der Waals surface area contributed by atoms with Crippen LogP contribution in [0, 0.1) is 16.7 Å². The molecule has 0 aromatic carbocycles. The van der Waals surface area contributed by atoms with Gasteiger partial charge < -0.3 is 5.32 Å². The number of ketones is 1. The number of carbonyl (C=O) groups excluding carboxylic acids is 1. The standard InChI is InChI=1S/C13H20N2O/c1-4-5-6-8-13(15-3)11(16)7-9-12(13,2)10-14/h5-6,15H,4,7-9H2,1-3H3/b6-5-/t12-,13-/m0/s1.